The summed E-state index contributed by atoms with van der Waals surface area (Å²) in [5.41, 5.74) is 1.47. The molecule has 0 atom stereocenters. The van der Waals surface area contributed by atoms with E-state index in [9.17, 15) is 13.2 Å². The van der Waals surface area contributed by atoms with Crippen LogP contribution in [-0.2, 0) is 14.6 Å². The highest BCUT2D eigenvalue weighted by Gasteiger charge is 2.51. The van der Waals surface area contributed by atoms with E-state index >= 15 is 0 Å². The van der Waals surface area contributed by atoms with Gasteiger partial charge < -0.3 is 5.32 Å². The molecule has 0 saturated heterocycles. The summed E-state index contributed by atoms with van der Waals surface area (Å²) in [7, 11) is -3.02. The molecule has 0 aromatic carbocycles. The normalized spacial score (nSPS) is 36.3. The number of hydrogen-bond donors (Lipinski definition) is 1. The number of carbonyl (C=O) groups excluding carboxylic acids is 1. The van der Waals surface area contributed by atoms with Gasteiger partial charge in [0, 0.05) is 18.4 Å². The molecule has 4 bridgehead atoms. The molecule has 0 aromatic heterocycles. The first-order valence-corrected chi connectivity index (χ1v) is 10.8. The van der Waals surface area contributed by atoms with Gasteiger partial charge >= 0.3 is 0 Å². The van der Waals surface area contributed by atoms with E-state index in [-0.39, 0.29) is 29.4 Å². The fourth-order valence-corrected chi connectivity index (χ4v) is 6.17. The fourth-order valence-electron chi connectivity index (χ4n) is 5.47. The summed E-state index contributed by atoms with van der Waals surface area (Å²) in [6.45, 7) is 3.95. The first-order valence-electron chi connectivity index (χ1n) is 8.99. The van der Waals surface area contributed by atoms with Crippen molar-refractivity contribution < 1.29 is 13.2 Å². The topological polar surface area (TPSA) is 63.2 Å². The molecule has 0 aliphatic heterocycles. The molecule has 4 nitrogen and oxygen atoms in total. The highest BCUT2D eigenvalue weighted by molar-refractivity contribution is 7.91. The Labute approximate surface area is 140 Å². The molecule has 1 N–H and O–H groups in total. The summed E-state index contributed by atoms with van der Waals surface area (Å²) in [6.07, 6.45) is 9.68. The number of allylic oxidation sites excluding steroid dienone is 1. The van der Waals surface area contributed by atoms with E-state index in [0.29, 0.717) is 0 Å². The van der Waals surface area contributed by atoms with Crippen LogP contribution in [0.25, 0.3) is 0 Å². The lowest BCUT2D eigenvalue weighted by Gasteiger charge is -2.57. The molecule has 4 saturated carbocycles. The monoisotopic (exact) mass is 339 g/mol. The smallest absolute Gasteiger partial charge is 0.243 e. The number of nitrogens with one attached hydrogen (secondary N) is 1. The van der Waals surface area contributed by atoms with Crippen LogP contribution in [0.4, 0.5) is 0 Å². The van der Waals surface area contributed by atoms with Crippen LogP contribution in [0, 0.1) is 23.2 Å². The molecule has 1 amide bonds. The Morgan fingerprint density at radius 2 is 1.65 bits per heavy atom. The van der Waals surface area contributed by atoms with E-state index in [1.54, 1.807) is 13.0 Å². The minimum absolute atomic E-state index is 0.0273. The lowest BCUT2D eigenvalue weighted by atomic mass is 9.48. The SMILES string of the molecule is CCS(=O)(=O)CCNC(=O)C=C(C)C12CC3CC(CC(C3)C1)C2. The largest absolute Gasteiger partial charge is 0.352 e. The third-order valence-electron chi connectivity index (χ3n) is 6.37. The van der Waals surface area contributed by atoms with Gasteiger partial charge in [-0.3, -0.25) is 4.79 Å². The van der Waals surface area contributed by atoms with E-state index in [0.717, 1.165) is 17.8 Å². The first kappa shape index (κ1) is 17.0. The van der Waals surface area contributed by atoms with Crippen molar-refractivity contribution in [3.63, 3.8) is 0 Å². The van der Waals surface area contributed by atoms with Crippen LogP contribution in [0.1, 0.15) is 52.4 Å². The summed E-state index contributed by atoms with van der Waals surface area (Å²) in [4.78, 5) is 12.1. The molecule has 0 spiro atoms. The van der Waals surface area contributed by atoms with Crippen LogP contribution in [0.2, 0.25) is 0 Å². The van der Waals surface area contributed by atoms with Gasteiger partial charge in [0.15, 0.2) is 9.84 Å². The molecule has 0 radical (unpaired) electrons. The van der Waals surface area contributed by atoms with E-state index in [1.165, 1.54) is 44.1 Å². The van der Waals surface area contributed by atoms with Crippen molar-refractivity contribution in [3.05, 3.63) is 11.6 Å². The Morgan fingerprint density at radius 3 is 2.13 bits per heavy atom. The fraction of sp³-hybridized carbons (Fsp3) is 0.833. The zero-order valence-electron chi connectivity index (χ0n) is 14.3. The summed E-state index contributed by atoms with van der Waals surface area (Å²) in [6, 6.07) is 0. The number of hydrogen-bond acceptors (Lipinski definition) is 3. The average molecular weight is 340 g/mol. The maximum absolute atomic E-state index is 12.1. The third-order valence-corrected chi connectivity index (χ3v) is 8.08. The summed E-state index contributed by atoms with van der Waals surface area (Å²) >= 11 is 0. The Hall–Kier alpha value is -0.840. The van der Waals surface area contributed by atoms with Gasteiger partial charge in [-0.05, 0) is 68.6 Å². The van der Waals surface area contributed by atoms with Gasteiger partial charge in [-0.2, -0.15) is 0 Å². The molecule has 23 heavy (non-hydrogen) atoms. The molecule has 5 heteroatoms. The van der Waals surface area contributed by atoms with Crippen LogP contribution < -0.4 is 5.32 Å². The maximum atomic E-state index is 12.1. The zero-order chi connectivity index (χ0) is 16.7. The second kappa shape index (κ2) is 6.23. The Balaban J connectivity index is 1.60. The molecular formula is C18H29NO3S. The van der Waals surface area contributed by atoms with Gasteiger partial charge in [-0.25, -0.2) is 8.42 Å². The summed E-state index contributed by atoms with van der Waals surface area (Å²) in [5, 5.41) is 2.74. The highest BCUT2D eigenvalue weighted by atomic mass is 32.2. The summed E-state index contributed by atoms with van der Waals surface area (Å²) < 4.78 is 22.9. The second-order valence-electron chi connectivity index (χ2n) is 8.05. The van der Waals surface area contributed by atoms with Crippen LogP contribution in [0.15, 0.2) is 11.6 Å². The quantitative estimate of drug-likeness (QED) is 0.757. The van der Waals surface area contributed by atoms with Gasteiger partial charge in [0.05, 0.1) is 5.75 Å². The lowest BCUT2D eigenvalue weighted by Crippen LogP contribution is -2.46. The van der Waals surface area contributed by atoms with Crippen LogP contribution in [0.3, 0.4) is 0 Å². The Kier molecular flexibility index (Phi) is 4.60. The standard InChI is InChI=1S/C18H29NO3S/c1-3-23(21,22)5-4-19-17(20)6-13(2)18-10-14-7-15(11-18)9-16(8-14)12-18/h6,14-16H,3-5,7-12H2,1-2H3,(H,19,20). The van der Waals surface area contributed by atoms with E-state index in [2.05, 4.69) is 12.2 Å². The molecule has 0 unspecified atom stereocenters. The van der Waals surface area contributed by atoms with Crippen molar-refractivity contribution in [1.29, 1.82) is 0 Å². The van der Waals surface area contributed by atoms with Crippen molar-refractivity contribution >= 4 is 15.7 Å². The van der Waals surface area contributed by atoms with Gasteiger partial charge in [0.25, 0.3) is 0 Å². The molecular weight excluding hydrogens is 310 g/mol. The van der Waals surface area contributed by atoms with Crippen molar-refractivity contribution in [3.8, 4) is 0 Å². The molecule has 0 aromatic rings. The third kappa shape index (κ3) is 3.65. The number of carbonyl (C=O) groups is 1. The van der Waals surface area contributed by atoms with Crippen molar-refractivity contribution in [2.45, 2.75) is 52.4 Å². The van der Waals surface area contributed by atoms with E-state index in [1.807, 2.05) is 0 Å². The van der Waals surface area contributed by atoms with E-state index in [4.69, 9.17) is 0 Å². The Bertz CT molecular complexity index is 570. The maximum Gasteiger partial charge on any atom is 0.243 e. The van der Waals surface area contributed by atoms with Gasteiger partial charge in [-0.15, -0.1) is 0 Å². The second-order valence-corrected chi connectivity index (χ2v) is 10.5. The number of sulfone groups is 1. The predicted molar refractivity (Wildman–Crippen MR) is 91.7 cm³/mol. The Morgan fingerprint density at radius 1 is 1.13 bits per heavy atom. The van der Waals surface area contributed by atoms with Gasteiger partial charge in [0.2, 0.25) is 5.91 Å². The molecule has 4 fully saturated rings. The first-order chi connectivity index (χ1) is 10.8. The minimum atomic E-state index is -3.02. The molecule has 130 valence electrons. The molecule has 0 heterocycles. The van der Waals surface area contributed by atoms with Gasteiger partial charge in [0.1, 0.15) is 0 Å². The van der Waals surface area contributed by atoms with Crippen LogP contribution >= 0.6 is 0 Å². The van der Waals surface area contributed by atoms with Crippen molar-refractivity contribution in [2.24, 2.45) is 23.2 Å². The predicted octanol–water partition coefficient (Wildman–Crippen LogP) is 2.70. The average Bonchev–Trinajstić information content (AvgIpc) is 2.45. The van der Waals surface area contributed by atoms with Crippen molar-refractivity contribution in [1.82, 2.24) is 5.32 Å². The lowest BCUT2D eigenvalue weighted by molar-refractivity contribution is -0.116. The molecule has 4 rings (SSSR count). The number of amides is 1. The minimum Gasteiger partial charge on any atom is -0.352 e. The van der Waals surface area contributed by atoms with E-state index < -0.39 is 9.84 Å². The number of rotatable bonds is 6. The van der Waals surface area contributed by atoms with Crippen LogP contribution in [-0.4, -0.2) is 32.4 Å². The summed E-state index contributed by atoms with van der Waals surface area (Å²) in [5.74, 6) is 2.61. The molecule has 4 aliphatic carbocycles. The van der Waals surface area contributed by atoms with Gasteiger partial charge in [-0.1, -0.05) is 12.5 Å². The zero-order valence-corrected chi connectivity index (χ0v) is 15.1. The molecule has 4 aliphatic rings. The highest BCUT2D eigenvalue weighted by Crippen LogP contribution is 2.62. The van der Waals surface area contributed by atoms with Crippen molar-refractivity contribution in [2.75, 3.05) is 18.1 Å². The van der Waals surface area contributed by atoms with Crippen LogP contribution in [0.5, 0.6) is 0 Å².